The molecule has 3 rings (SSSR count). The molecule has 1 N–H and O–H groups in total. The van der Waals surface area contributed by atoms with E-state index in [1.165, 1.54) is 11.1 Å². The van der Waals surface area contributed by atoms with Crippen LogP contribution in [0.15, 0.2) is 65.9 Å². The van der Waals surface area contributed by atoms with Crippen LogP contribution in [0.5, 0.6) is 0 Å². The number of carbonyl (C=O) groups excluding carboxylic acids is 1. The second kappa shape index (κ2) is 7.74. The van der Waals surface area contributed by atoms with Crippen LogP contribution in [0.2, 0.25) is 0 Å². The minimum atomic E-state index is 0.0529. The Morgan fingerprint density at radius 2 is 2.00 bits per heavy atom. The number of carbonyl (C=O) groups is 1. The highest BCUT2D eigenvalue weighted by molar-refractivity contribution is 7.08. The number of hydrogen-bond acceptors (Lipinski definition) is 3. The smallest absolute Gasteiger partial charge is 0.222 e. The predicted molar refractivity (Wildman–Crippen MR) is 92.5 cm³/mol. The second-order valence-electron chi connectivity index (χ2n) is 5.36. The van der Waals surface area contributed by atoms with Gasteiger partial charge in [0.2, 0.25) is 5.91 Å². The molecule has 1 amide bonds. The van der Waals surface area contributed by atoms with Gasteiger partial charge in [-0.1, -0.05) is 0 Å². The minimum Gasteiger partial charge on any atom is -0.356 e. The molecular weight excluding hydrogens is 306 g/mol. The monoisotopic (exact) mass is 325 g/mol. The molecule has 23 heavy (non-hydrogen) atoms. The third-order valence-corrected chi connectivity index (χ3v) is 4.48. The number of amides is 1. The van der Waals surface area contributed by atoms with E-state index in [4.69, 9.17) is 0 Å². The predicted octanol–water partition coefficient (Wildman–Crippen LogP) is 3.28. The molecule has 118 valence electrons. The molecule has 0 aliphatic rings. The number of aromatic nitrogens is 2. The Morgan fingerprint density at radius 1 is 1.22 bits per heavy atom. The molecule has 0 unspecified atom stereocenters. The molecule has 4 nitrogen and oxygen atoms in total. The highest BCUT2D eigenvalue weighted by Crippen LogP contribution is 2.24. The summed E-state index contributed by atoms with van der Waals surface area (Å²) in [7, 11) is 0. The third kappa shape index (κ3) is 4.29. The molecule has 0 saturated heterocycles. The van der Waals surface area contributed by atoms with E-state index in [1.807, 2.05) is 42.0 Å². The van der Waals surface area contributed by atoms with E-state index < -0.39 is 0 Å². The van der Waals surface area contributed by atoms with Crippen LogP contribution in [0.4, 0.5) is 0 Å². The molecule has 1 atom stereocenters. The number of nitrogens with zero attached hydrogens (tertiary/aromatic N) is 2. The lowest BCUT2D eigenvalue weighted by Gasteiger charge is -2.18. The van der Waals surface area contributed by atoms with E-state index in [1.54, 1.807) is 23.7 Å². The lowest BCUT2D eigenvalue weighted by atomic mass is 10.1. The first-order valence-corrected chi connectivity index (χ1v) is 8.57. The SMILES string of the molecule is O=C(C[C@H](c1ccsc1)n1cccc1)NCCc1ccncc1. The largest absolute Gasteiger partial charge is 0.356 e. The van der Waals surface area contributed by atoms with E-state index >= 15 is 0 Å². The Kier molecular flexibility index (Phi) is 5.21. The first kappa shape index (κ1) is 15.5. The quantitative estimate of drug-likeness (QED) is 0.724. The lowest BCUT2D eigenvalue weighted by Crippen LogP contribution is -2.28. The van der Waals surface area contributed by atoms with Crippen LogP contribution >= 0.6 is 11.3 Å². The van der Waals surface area contributed by atoms with Crippen molar-refractivity contribution in [1.82, 2.24) is 14.9 Å². The number of pyridine rings is 1. The van der Waals surface area contributed by atoms with Gasteiger partial charge in [0.15, 0.2) is 0 Å². The maximum absolute atomic E-state index is 12.3. The Labute approximate surface area is 139 Å². The zero-order chi connectivity index (χ0) is 15.9. The van der Waals surface area contributed by atoms with Gasteiger partial charge >= 0.3 is 0 Å². The van der Waals surface area contributed by atoms with Gasteiger partial charge in [0, 0.05) is 31.3 Å². The highest BCUT2D eigenvalue weighted by Gasteiger charge is 2.17. The average Bonchev–Trinajstić information content (AvgIpc) is 3.27. The van der Waals surface area contributed by atoms with Crippen molar-refractivity contribution < 1.29 is 4.79 Å². The molecule has 0 bridgehead atoms. The molecule has 0 aliphatic carbocycles. The molecule has 3 heterocycles. The molecule has 0 aromatic carbocycles. The fraction of sp³-hybridized carbons (Fsp3) is 0.222. The van der Waals surface area contributed by atoms with Crippen LogP contribution < -0.4 is 5.32 Å². The highest BCUT2D eigenvalue weighted by atomic mass is 32.1. The summed E-state index contributed by atoms with van der Waals surface area (Å²) in [4.78, 5) is 16.3. The lowest BCUT2D eigenvalue weighted by molar-refractivity contribution is -0.121. The maximum Gasteiger partial charge on any atom is 0.222 e. The van der Waals surface area contributed by atoms with Gasteiger partial charge in [0.1, 0.15) is 0 Å². The van der Waals surface area contributed by atoms with Crippen molar-refractivity contribution in [3.8, 4) is 0 Å². The molecule has 3 aromatic heterocycles. The molecule has 5 heteroatoms. The number of hydrogen-bond donors (Lipinski definition) is 1. The molecule has 0 spiro atoms. The fourth-order valence-corrected chi connectivity index (χ4v) is 3.27. The van der Waals surface area contributed by atoms with Gasteiger partial charge in [-0.25, -0.2) is 0 Å². The summed E-state index contributed by atoms with van der Waals surface area (Å²) in [6.45, 7) is 0.644. The molecular formula is C18H19N3OS. The summed E-state index contributed by atoms with van der Waals surface area (Å²) in [5.41, 5.74) is 2.36. The normalized spacial score (nSPS) is 12.0. The number of nitrogens with one attached hydrogen (secondary N) is 1. The zero-order valence-corrected chi connectivity index (χ0v) is 13.6. The van der Waals surface area contributed by atoms with Crippen molar-refractivity contribution >= 4 is 17.2 Å². The Balaban J connectivity index is 1.56. The summed E-state index contributed by atoms with van der Waals surface area (Å²) in [6, 6.07) is 10.1. The van der Waals surface area contributed by atoms with Gasteiger partial charge in [-0.15, -0.1) is 0 Å². The third-order valence-electron chi connectivity index (χ3n) is 3.78. The van der Waals surface area contributed by atoms with Gasteiger partial charge < -0.3 is 9.88 Å². The van der Waals surface area contributed by atoms with E-state index in [9.17, 15) is 4.79 Å². The molecule has 0 fully saturated rings. The van der Waals surface area contributed by atoms with Crippen molar-refractivity contribution in [2.75, 3.05) is 6.54 Å². The van der Waals surface area contributed by atoms with Crippen molar-refractivity contribution in [3.05, 3.63) is 77.0 Å². The Hall–Kier alpha value is -2.40. The van der Waals surface area contributed by atoms with E-state index in [0.29, 0.717) is 13.0 Å². The number of rotatable bonds is 7. The van der Waals surface area contributed by atoms with E-state index in [-0.39, 0.29) is 11.9 Å². The summed E-state index contributed by atoms with van der Waals surface area (Å²) in [5, 5.41) is 7.17. The van der Waals surface area contributed by atoms with Crippen LogP contribution in [-0.4, -0.2) is 22.0 Å². The first-order chi connectivity index (χ1) is 11.3. The summed E-state index contributed by atoms with van der Waals surface area (Å²) >= 11 is 1.66. The van der Waals surface area contributed by atoms with Crippen molar-refractivity contribution in [3.63, 3.8) is 0 Å². The second-order valence-corrected chi connectivity index (χ2v) is 6.14. The van der Waals surface area contributed by atoms with Crippen LogP contribution in [0, 0.1) is 0 Å². The van der Waals surface area contributed by atoms with Crippen LogP contribution in [0.3, 0.4) is 0 Å². The average molecular weight is 325 g/mol. The van der Waals surface area contributed by atoms with Crippen LogP contribution in [0.1, 0.15) is 23.6 Å². The Morgan fingerprint density at radius 3 is 2.70 bits per heavy atom. The van der Waals surface area contributed by atoms with Gasteiger partial charge in [-0.2, -0.15) is 11.3 Å². The van der Waals surface area contributed by atoms with Crippen molar-refractivity contribution in [2.45, 2.75) is 18.9 Å². The van der Waals surface area contributed by atoms with E-state index in [2.05, 4.69) is 26.3 Å². The summed E-state index contributed by atoms with van der Waals surface area (Å²) in [6.07, 6.45) is 8.83. The molecule has 0 radical (unpaired) electrons. The standard InChI is InChI=1S/C18H19N3OS/c22-18(20-9-5-15-3-7-19-8-4-15)13-17(16-6-12-23-14-16)21-10-1-2-11-21/h1-4,6-8,10-12,14,17H,5,9,13H2,(H,20,22)/t17-/m1/s1. The van der Waals surface area contributed by atoms with Crippen LogP contribution in [0.25, 0.3) is 0 Å². The van der Waals surface area contributed by atoms with Crippen molar-refractivity contribution in [2.24, 2.45) is 0 Å². The Bertz CT molecular complexity index is 674. The summed E-state index contributed by atoms with van der Waals surface area (Å²) < 4.78 is 2.09. The van der Waals surface area contributed by atoms with Gasteiger partial charge in [-0.05, 0) is 58.6 Å². The topological polar surface area (TPSA) is 46.9 Å². The van der Waals surface area contributed by atoms with E-state index in [0.717, 1.165) is 6.42 Å². The summed E-state index contributed by atoms with van der Waals surface area (Å²) in [5.74, 6) is 0.0731. The van der Waals surface area contributed by atoms with Gasteiger partial charge in [-0.3, -0.25) is 9.78 Å². The first-order valence-electron chi connectivity index (χ1n) is 7.63. The maximum atomic E-state index is 12.3. The van der Waals surface area contributed by atoms with Gasteiger partial charge in [0.05, 0.1) is 12.5 Å². The minimum absolute atomic E-state index is 0.0529. The zero-order valence-electron chi connectivity index (χ0n) is 12.8. The van der Waals surface area contributed by atoms with Gasteiger partial charge in [0.25, 0.3) is 0 Å². The molecule has 0 aliphatic heterocycles. The molecule has 3 aromatic rings. The molecule has 0 saturated carbocycles. The van der Waals surface area contributed by atoms with Crippen LogP contribution in [-0.2, 0) is 11.2 Å². The van der Waals surface area contributed by atoms with Crippen molar-refractivity contribution in [1.29, 1.82) is 0 Å². The number of thiophene rings is 1. The fourth-order valence-electron chi connectivity index (χ4n) is 2.56.